The summed E-state index contributed by atoms with van der Waals surface area (Å²) in [6, 6.07) is 11.7. The van der Waals surface area contributed by atoms with Gasteiger partial charge in [0.25, 0.3) is 5.91 Å². The van der Waals surface area contributed by atoms with Crippen molar-refractivity contribution in [3.05, 3.63) is 63.1 Å². The molecule has 1 aliphatic heterocycles. The van der Waals surface area contributed by atoms with E-state index in [2.05, 4.69) is 5.32 Å². The lowest BCUT2D eigenvalue weighted by Crippen LogP contribution is -2.39. The fourth-order valence-corrected chi connectivity index (χ4v) is 4.85. The Kier molecular flexibility index (Phi) is 6.72. The molecule has 2 aromatic carbocycles. The fraction of sp³-hybridized carbons (Fsp3) is 0.318. The number of hydrogen-bond donors (Lipinski definition) is 1. The van der Waals surface area contributed by atoms with Crippen LogP contribution in [-0.4, -0.2) is 45.4 Å². The Morgan fingerprint density at radius 2 is 1.84 bits per heavy atom. The summed E-state index contributed by atoms with van der Waals surface area (Å²) in [5, 5.41) is 4.96. The molecule has 9 heteroatoms. The van der Waals surface area contributed by atoms with Crippen LogP contribution < -0.4 is 5.32 Å². The largest absolute Gasteiger partial charge is 0.336 e. The van der Waals surface area contributed by atoms with Crippen molar-refractivity contribution in [2.45, 2.75) is 37.8 Å². The summed E-state index contributed by atoms with van der Waals surface area (Å²) in [6.07, 6.45) is 2.45. The second-order valence-corrected chi connectivity index (χ2v) is 9.32. The van der Waals surface area contributed by atoms with E-state index >= 15 is 0 Å². The van der Waals surface area contributed by atoms with Crippen LogP contribution in [0, 0.1) is 0 Å². The molecule has 1 saturated heterocycles. The second kappa shape index (κ2) is 9.33. The number of carbonyl (C=O) groups excluding carboxylic acids is 2. The van der Waals surface area contributed by atoms with Crippen LogP contribution in [0.15, 0.2) is 42.5 Å². The third-order valence-corrected chi connectivity index (χ3v) is 6.64. The summed E-state index contributed by atoms with van der Waals surface area (Å²) >= 11 is 23.9. The van der Waals surface area contributed by atoms with Gasteiger partial charge in [-0.3, -0.25) is 14.5 Å². The van der Waals surface area contributed by atoms with E-state index < -0.39 is 6.04 Å². The van der Waals surface area contributed by atoms with Crippen LogP contribution in [0.25, 0.3) is 0 Å². The normalized spacial score (nSPS) is 18.6. The van der Waals surface area contributed by atoms with Gasteiger partial charge in [0, 0.05) is 33.3 Å². The summed E-state index contributed by atoms with van der Waals surface area (Å²) < 4.78 is 0. The van der Waals surface area contributed by atoms with Gasteiger partial charge in [0.15, 0.2) is 5.11 Å². The molecule has 0 radical (unpaired) electrons. The molecule has 1 aliphatic carbocycles. The second-order valence-electron chi connectivity index (χ2n) is 7.68. The maximum atomic E-state index is 13.1. The summed E-state index contributed by atoms with van der Waals surface area (Å²) in [5.74, 6) is -0.383. The van der Waals surface area contributed by atoms with E-state index in [0.29, 0.717) is 38.8 Å². The lowest BCUT2D eigenvalue weighted by Gasteiger charge is -2.24. The summed E-state index contributed by atoms with van der Waals surface area (Å²) in [6.45, 7) is 0.476. The molecule has 1 saturated carbocycles. The van der Waals surface area contributed by atoms with Gasteiger partial charge in [0.2, 0.25) is 5.91 Å². The number of amides is 2. The molecule has 2 fully saturated rings. The molecule has 2 aliphatic rings. The SMILES string of the molecule is O=C(C[C@H]1C(=O)N(C2CC2)C(=S)N1CCc1ccc(Cl)cc1Cl)Nc1cccc(Cl)c1. The van der Waals surface area contributed by atoms with Crippen molar-refractivity contribution in [2.75, 3.05) is 11.9 Å². The molecule has 0 unspecified atom stereocenters. The minimum atomic E-state index is -0.640. The third-order valence-electron chi connectivity index (χ3n) is 5.39. The van der Waals surface area contributed by atoms with Crippen LogP contribution in [-0.2, 0) is 16.0 Å². The average molecular weight is 497 g/mol. The Morgan fingerprint density at radius 1 is 1.10 bits per heavy atom. The highest BCUT2D eigenvalue weighted by Gasteiger charge is 2.48. The zero-order chi connectivity index (χ0) is 22.1. The van der Waals surface area contributed by atoms with E-state index in [0.717, 1.165) is 18.4 Å². The number of nitrogens with zero attached hydrogens (tertiary/aromatic N) is 2. The summed E-state index contributed by atoms with van der Waals surface area (Å²) in [7, 11) is 0. The number of thiocarbonyl (C=S) groups is 1. The minimum Gasteiger partial charge on any atom is -0.336 e. The van der Waals surface area contributed by atoms with Gasteiger partial charge in [-0.25, -0.2) is 0 Å². The molecule has 5 nitrogen and oxygen atoms in total. The maximum Gasteiger partial charge on any atom is 0.252 e. The van der Waals surface area contributed by atoms with Crippen molar-refractivity contribution in [3.63, 3.8) is 0 Å². The van der Waals surface area contributed by atoms with Gasteiger partial charge >= 0.3 is 0 Å². The van der Waals surface area contributed by atoms with Crippen LogP contribution in [0.2, 0.25) is 15.1 Å². The Hall–Kier alpha value is -1.86. The van der Waals surface area contributed by atoms with Gasteiger partial charge < -0.3 is 10.2 Å². The van der Waals surface area contributed by atoms with Crippen molar-refractivity contribution >= 4 is 69.6 Å². The van der Waals surface area contributed by atoms with Crippen LogP contribution >= 0.6 is 47.0 Å². The molecule has 31 heavy (non-hydrogen) atoms. The predicted molar refractivity (Wildman–Crippen MR) is 128 cm³/mol. The standard InChI is InChI=1S/C22H20Cl3N3O2S/c23-14-2-1-3-16(10-14)26-20(29)12-19-21(30)28(17-6-7-17)22(31)27(19)9-8-13-4-5-15(24)11-18(13)25/h1-5,10-11,17,19H,6-9,12H2,(H,26,29)/t19-/m0/s1. The topological polar surface area (TPSA) is 52.7 Å². The van der Waals surface area contributed by atoms with E-state index in [1.54, 1.807) is 41.3 Å². The predicted octanol–water partition coefficient (Wildman–Crippen LogP) is 5.18. The van der Waals surface area contributed by atoms with E-state index in [9.17, 15) is 9.59 Å². The highest BCUT2D eigenvalue weighted by Crippen LogP contribution is 2.34. The first-order valence-electron chi connectivity index (χ1n) is 9.96. The molecule has 0 aromatic heterocycles. The van der Waals surface area contributed by atoms with Crippen LogP contribution in [0.3, 0.4) is 0 Å². The Labute approximate surface area is 201 Å². The first-order chi connectivity index (χ1) is 14.8. The van der Waals surface area contributed by atoms with Gasteiger partial charge in [-0.15, -0.1) is 0 Å². The van der Waals surface area contributed by atoms with Crippen molar-refractivity contribution in [3.8, 4) is 0 Å². The average Bonchev–Trinajstić information content (AvgIpc) is 3.50. The van der Waals surface area contributed by atoms with Gasteiger partial charge in [0.1, 0.15) is 6.04 Å². The quantitative estimate of drug-likeness (QED) is 0.537. The maximum absolute atomic E-state index is 13.1. The third kappa shape index (κ3) is 5.14. The molecule has 0 bridgehead atoms. The van der Waals surface area contributed by atoms with Crippen LogP contribution in [0.4, 0.5) is 5.69 Å². The van der Waals surface area contributed by atoms with E-state index in [1.165, 1.54) is 0 Å². The summed E-state index contributed by atoms with van der Waals surface area (Å²) in [4.78, 5) is 29.4. The molecule has 0 spiro atoms. The molecule has 1 heterocycles. The highest BCUT2D eigenvalue weighted by molar-refractivity contribution is 7.80. The monoisotopic (exact) mass is 495 g/mol. The van der Waals surface area contributed by atoms with E-state index in [1.807, 2.05) is 11.0 Å². The lowest BCUT2D eigenvalue weighted by molar-refractivity contribution is -0.131. The van der Waals surface area contributed by atoms with Crippen molar-refractivity contribution < 1.29 is 9.59 Å². The number of anilines is 1. The number of halogens is 3. The molecule has 2 amide bonds. The van der Waals surface area contributed by atoms with Crippen molar-refractivity contribution in [2.24, 2.45) is 0 Å². The lowest BCUT2D eigenvalue weighted by atomic mass is 10.1. The number of hydrogen-bond acceptors (Lipinski definition) is 3. The molecule has 1 N–H and O–H groups in total. The van der Waals surface area contributed by atoms with Crippen molar-refractivity contribution in [1.82, 2.24) is 9.80 Å². The van der Waals surface area contributed by atoms with Crippen LogP contribution in [0.1, 0.15) is 24.8 Å². The van der Waals surface area contributed by atoms with Gasteiger partial charge in [-0.05, 0) is 67.4 Å². The molecular formula is C22H20Cl3N3O2S. The molecule has 4 rings (SSSR count). The Bertz CT molecular complexity index is 1040. The van der Waals surface area contributed by atoms with Gasteiger partial charge in [-0.2, -0.15) is 0 Å². The van der Waals surface area contributed by atoms with Gasteiger partial charge in [0.05, 0.1) is 6.42 Å². The van der Waals surface area contributed by atoms with E-state index in [4.69, 9.17) is 47.0 Å². The fourth-order valence-electron chi connectivity index (χ4n) is 3.70. The Balaban J connectivity index is 1.49. The zero-order valence-corrected chi connectivity index (χ0v) is 19.6. The Morgan fingerprint density at radius 3 is 2.52 bits per heavy atom. The smallest absolute Gasteiger partial charge is 0.252 e. The number of carbonyl (C=O) groups is 2. The minimum absolute atomic E-state index is 0.00303. The molecule has 1 atom stereocenters. The van der Waals surface area contributed by atoms with E-state index in [-0.39, 0.29) is 24.3 Å². The first kappa shape index (κ1) is 22.3. The van der Waals surface area contributed by atoms with Crippen molar-refractivity contribution in [1.29, 1.82) is 0 Å². The molecule has 2 aromatic rings. The van der Waals surface area contributed by atoms with Crippen LogP contribution in [0.5, 0.6) is 0 Å². The number of rotatable bonds is 7. The zero-order valence-electron chi connectivity index (χ0n) is 16.5. The summed E-state index contributed by atoms with van der Waals surface area (Å²) in [5.41, 5.74) is 1.50. The number of nitrogens with one attached hydrogen (secondary N) is 1. The molecule has 162 valence electrons. The van der Waals surface area contributed by atoms with Gasteiger partial charge in [-0.1, -0.05) is 46.9 Å². The molecular weight excluding hydrogens is 477 g/mol. The first-order valence-corrected chi connectivity index (χ1v) is 11.5. The number of benzene rings is 2. The highest BCUT2D eigenvalue weighted by atomic mass is 35.5.